The van der Waals surface area contributed by atoms with Gasteiger partial charge in [-0.2, -0.15) is 0 Å². The fraction of sp³-hybridized carbons (Fsp3) is 0.650. The van der Waals surface area contributed by atoms with Gasteiger partial charge in [-0.1, -0.05) is 51.2 Å². The number of nitrogens with two attached hydrogens (primary N) is 2. The van der Waals surface area contributed by atoms with Gasteiger partial charge in [0.15, 0.2) is 0 Å². The molecule has 1 heterocycles. The van der Waals surface area contributed by atoms with E-state index < -0.39 is 0 Å². The lowest BCUT2D eigenvalue weighted by molar-refractivity contribution is 0.551. The first-order valence-corrected chi connectivity index (χ1v) is 9.41. The van der Waals surface area contributed by atoms with Crippen LogP contribution in [0.3, 0.4) is 0 Å². The van der Waals surface area contributed by atoms with Crippen LogP contribution < -0.4 is 11.5 Å². The third-order valence-electron chi connectivity index (χ3n) is 4.92. The zero-order valence-corrected chi connectivity index (χ0v) is 14.7. The summed E-state index contributed by atoms with van der Waals surface area (Å²) in [6.07, 6.45) is 12.1. The van der Waals surface area contributed by atoms with Crippen LogP contribution in [-0.4, -0.2) is 12.4 Å². The van der Waals surface area contributed by atoms with E-state index in [2.05, 4.69) is 25.1 Å². The fourth-order valence-corrected chi connectivity index (χ4v) is 3.48. The van der Waals surface area contributed by atoms with E-state index in [1.807, 2.05) is 0 Å². The van der Waals surface area contributed by atoms with Crippen molar-refractivity contribution in [3.63, 3.8) is 0 Å². The lowest BCUT2D eigenvalue weighted by Crippen LogP contribution is -2.28. The van der Waals surface area contributed by atoms with Crippen LogP contribution in [0.2, 0.25) is 0 Å². The number of fused-ring (bicyclic) bond motifs is 1. The van der Waals surface area contributed by atoms with Crippen LogP contribution in [0.5, 0.6) is 0 Å². The van der Waals surface area contributed by atoms with Crippen molar-refractivity contribution in [3.05, 3.63) is 29.3 Å². The summed E-state index contributed by atoms with van der Waals surface area (Å²) in [6, 6.07) is 6.52. The smallest absolute Gasteiger partial charge is 0.103 e. The summed E-state index contributed by atoms with van der Waals surface area (Å²) in [5, 5.41) is 0. The van der Waals surface area contributed by atoms with Crippen LogP contribution in [-0.2, 0) is 12.8 Å². The first kappa shape index (κ1) is 18.0. The van der Waals surface area contributed by atoms with E-state index in [0.29, 0.717) is 5.92 Å². The monoisotopic (exact) mass is 315 g/mol. The summed E-state index contributed by atoms with van der Waals surface area (Å²) in [5.74, 6) is 1.28. The lowest BCUT2D eigenvalue weighted by atomic mass is 9.86. The van der Waals surface area contributed by atoms with E-state index >= 15 is 0 Å². The fourth-order valence-electron chi connectivity index (χ4n) is 3.48. The number of aryl methyl sites for hydroxylation is 1. The van der Waals surface area contributed by atoms with Crippen LogP contribution in [0.15, 0.2) is 23.2 Å². The Kier molecular flexibility index (Phi) is 7.60. The van der Waals surface area contributed by atoms with Crippen LogP contribution in [0.1, 0.15) is 69.4 Å². The minimum Gasteiger partial charge on any atom is -0.387 e. The molecule has 0 aliphatic carbocycles. The zero-order valence-electron chi connectivity index (χ0n) is 14.7. The van der Waals surface area contributed by atoms with Crippen molar-refractivity contribution in [1.29, 1.82) is 0 Å². The van der Waals surface area contributed by atoms with Gasteiger partial charge in [0.25, 0.3) is 0 Å². The maximum atomic E-state index is 6.22. The Balaban J connectivity index is 1.98. The van der Waals surface area contributed by atoms with Gasteiger partial charge >= 0.3 is 0 Å². The Morgan fingerprint density at radius 3 is 2.70 bits per heavy atom. The number of hydrogen-bond acceptors (Lipinski definition) is 3. The molecule has 0 radical (unpaired) electrons. The Morgan fingerprint density at radius 2 is 1.91 bits per heavy atom. The molecule has 0 saturated heterocycles. The highest BCUT2D eigenvalue weighted by molar-refractivity contribution is 5.88. The maximum absolute atomic E-state index is 6.22. The van der Waals surface area contributed by atoms with E-state index in [-0.39, 0.29) is 0 Å². The van der Waals surface area contributed by atoms with Crippen molar-refractivity contribution >= 4 is 11.5 Å². The lowest BCUT2D eigenvalue weighted by Gasteiger charge is -2.24. The predicted molar refractivity (Wildman–Crippen MR) is 100 cm³/mol. The second kappa shape index (κ2) is 9.71. The number of amidine groups is 1. The number of benzene rings is 1. The highest BCUT2D eigenvalue weighted by Gasteiger charge is 2.22. The second-order valence-electron chi connectivity index (χ2n) is 6.80. The van der Waals surface area contributed by atoms with Crippen molar-refractivity contribution in [2.75, 3.05) is 6.54 Å². The van der Waals surface area contributed by atoms with E-state index in [9.17, 15) is 0 Å². The van der Waals surface area contributed by atoms with Crippen molar-refractivity contribution in [1.82, 2.24) is 0 Å². The minimum atomic E-state index is 0.437. The zero-order chi connectivity index (χ0) is 16.5. The molecule has 4 N–H and O–H groups in total. The third-order valence-corrected chi connectivity index (χ3v) is 4.92. The topological polar surface area (TPSA) is 64.4 Å². The first-order valence-electron chi connectivity index (χ1n) is 9.41. The van der Waals surface area contributed by atoms with Gasteiger partial charge in [0, 0.05) is 5.92 Å². The number of nitrogens with zero attached hydrogens (tertiary/aromatic N) is 1. The van der Waals surface area contributed by atoms with Crippen molar-refractivity contribution in [3.8, 4) is 0 Å². The van der Waals surface area contributed by atoms with Crippen LogP contribution >= 0.6 is 0 Å². The molecule has 0 fully saturated rings. The molecule has 1 unspecified atom stereocenters. The van der Waals surface area contributed by atoms with Gasteiger partial charge in [-0.05, 0) is 55.8 Å². The number of aliphatic imine (C=N–C) groups is 1. The van der Waals surface area contributed by atoms with Gasteiger partial charge in [-0.15, -0.1) is 0 Å². The van der Waals surface area contributed by atoms with Crippen molar-refractivity contribution < 1.29 is 0 Å². The molecule has 128 valence electrons. The molecule has 1 aromatic rings. The molecule has 23 heavy (non-hydrogen) atoms. The summed E-state index contributed by atoms with van der Waals surface area (Å²) in [7, 11) is 0. The second-order valence-corrected chi connectivity index (χ2v) is 6.80. The van der Waals surface area contributed by atoms with Gasteiger partial charge < -0.3 is 11.5 Å². The largest absolute Gasteiger partial charge is 0.387 e. The predicted octanol–water partition coefficient (Wildman–Crippen LogP) is 4.49. The normalized spacial score (nSPS) is 17.0. The van der Waals surface area contributed by atoms with E-state index in [0.717, 1.165) is 37.3 Å². The van der Waals surface area contributed by atoms with Gasteiger partial charge in [-0.25, -0.2) is 4.99 Å². The van der Waals surface area contributed by atoms with Crippen LogP contribution in [0, 0.1) is 5.92 Å². The quantitative estimate of drug-likeness (QED) is 0.625. The minimum absolute atomic E-state index is 0.437. The molecular weight excluding hydrogens is 282 g/mol. The van der Waals surface area contributed by atoms with Gasteiger partial charge in [0.2, 0.25) is 0 Å². The molecule has 2 rings (SSSR count). The third kappa shape index (κ3) is 5.35. The highest BCUT2D eigenvalue weighted by atomic mass is 14.9. The summed E-state index contributed by atoms with van der Waals surface area (Å²) < 4.78 is 0. The average molecular weight is 316 g/mol. The van der Waals surface area contributed by atoms with Crippen LogP contribution in [0.25, 0.3) is 0 Å². The van der Waals surface area contributed by atoms with Gasteiger partial charge in [-0.3, -0.25) is 0 Å². The van der Waals surface area contributed by atoms with Crippen molar-refractivity contribution in [2.45, 2.75) is 71.1 Å². The molecule has 0 amide bonds. The van der Waals surface area contributed by atoms with E-state index in [1.54, 1.807) is 0 Å². The molecule has 0 saturated carbocycles. The van der Waals surface area contributed by atoms with Crippen LogP contribution in [0.4, 0.5) is 5.69 Å². The Labute approximate surface area is 141 Å². The molecule has 3 nitrogen and oxygen atoms in total. The molecular formula is C20H33N3. The molecule has 1 aliphatic heterocycles. The molecule has 3 heteroatoms. The molecule has 0 bridgehead atoms. The molecule has 0 aromatic heterocycles. The first-order chi connectivity index (χ1) is 11.3. The van der Waals surface area contributed by atoms with Gasteiger partial charge in [0.05, 0.1) is 5.69 Å². The Hall–Kier alpha value is -1.35. The highest BCUT2D eigenvalue weighted by Crippen LogP contribution is 2.33. The summed E-state index contributed by atoms with van der Waals surface area (Å²) in [4.78, 5) is 4.70. The standard InChI is InChI=1S/C20H33N3/c1-2-3-6-11-17-15-18-16(10-7-4-5-8-14-21)12-9-13-19(18)23-20(17)22/h9,12-13,17H,2-8,10-11,14-15,21H2,1H3,(H2,22,23). The van der Waals surface area contributed by atoms with Crippen molar-refractivity contribution in [2.24, 2.45) is 22.4 Å². The number of unbranched alkanes of at least 4 members (excludes halogenated alkanes) is 5. The average Bonchev–Trinajstić information content (AvgIpc) is 2.55. The summed E-state index contributed by atoms with van der Waals surface area (Å²) >= 11 is 0. The molecule has 1 aliphatic rings. The molecule has 0 spiro atoms. The van der Waals surface area contributed by atoms with Gasteiger partial charge in [0.1, 0.15) is 5.84 Å². The maximum Gasteiger partial charge on any atom is 0.103 e. The SMILES string of the molecule is CCCCCC1Cc2c(CCCCCCN)cccc2N=C1N. The Morgan fingerprint density at radius 1 is 1.09 bits per heavy atom. The Bertz CT molecular complexity index is 508. The number of hydrogen-bond donors (Lipinski definition) is 2. The molecule has 1 atom stereocenters. The summed E-state index contributed by atoms with van der Waals surface area (Å²) in [6.45, 7) is 3.06. The van der Waals surface area contributed by atoms with E-state index in [1.165, 1.54) is 56.1 Å². The van der Waals surface area contributed by atoms with E-state index in [4.69, 9.17) is 16.5 Å². The molecule has 1 aromatic carbocycles. The summed E-state index contributed by atoms with van der Waals surface area (Å²) in [5.41, 5.74) is 15.8. The number of rotatable bonds is 10.